The average molecular weight is 613 g/mol. The lowest BCUT2D eigenvalue weighted by Crippen LogP contribution is -2.48. The molecule has 0 heterocycles. The lowest BCUT2D eigenvalue weighted by Gasteiger charge is -2.23. The minimum absolute atomic E-state index is 0.0265. The van der Waals surface area contributed by atoms with E-state index in [1.165, 1.54) is 0 Å². The third kappa shape index (κ3) is 13.7. The fourth-order valence-corrected chi connectivity index (χ4v) is 4.16. The number of carboxylic acids is 1. The summed E-state index contributed by atoms with van der Waals surface area (Å²) in [7, 11) is 0. The lowest BCUT2D eigenvalue weighted by atomic mass is 9.90. The van der Waals surface area contributed by atoms with Gasteiger partial charge in [-0.25, -0.2) is 4.99 Å². The fraction of sp³-hybridized carbons (Fsp3) is 0.250. The zero-order valence-electron chi connectivity index (χ0n) is 25.0. The van der Waals surface area contributed by atoms with Gasteiger partial charge < -0.3 is 37.7 Å². The summed E-state index contributed by atoms with van der Waals surface area (Å²) in [5, 5.41) is 25.6. The third-order valence-electron chi connectivity index (χ3n) is 6.21. The van der Waals surface area contributed by atoms with Gasteiger partial charge in [0.15, 0.2) is 12.2 Å². The number of carbonyl (C=O) groups is 3. The highest BCUT2D eigenvalue weighted by Gasteiger charge is 2.27. The molecule has 9 N–H and O–H groups in total. The van der Waals surface area contributed by atoms with Crippen LogP contribution in [0.5, 0.6) is 0 Å². The van der Waals surface area contributed by atoms with Gasteiger partial charge >= 0.3 is 0 Å². The summed E-state index contributed by atoms with van der Waals surface area (Å²) in [6.45, 7) is 1.88. The fourth-order valence-electron chi connectivity index (χ4n) is 4.16. The van der Waals surface area contributed by atoms with Crippen molar-refractivity contribution in [3.8, 4) is 6.19 Å². The van der Waals surface area contributed by atoms with Crippen molar-refractivity contribution < 1.29 is 19.5 Å². The molecule has 13 heteroatoms. The van der Waals surface area contributed by atoms with Crippen LogP contribution in [0.1, 0.15) is 47.9 Å². The Morgan fingerprint density at radius 2 is 1.38 bits per heavy atom. The van der Waals surface area contributed by atoms with Crippen molar-refractivity contribution in [2.24, 2.45) is 27.2 Å². The topological polar surface area (TPSA) is 237 Å². The molecule has 45 heavy (non-hydrogen) atoms. The summed E-state index contributed by atoms with van der Waals surface area (Å²) in [5.74, 6) is -2.25. The van der Waals surface area contributed by atoms with Crippen molar-refractivity contribution in [1.82, 2.24) is 16.0 Å². The van der Waals surface area contributed by atoms with E-state index < -0.39 is 17.9 Å². The highest BCUT2D eigenvalue weighted by molar-refractivity contribution is 5.92. The molecule has 0 aromatic heterocycles. The van der Waals surface area contributed by atoms with Gasteiger partial charge in [-0.2, -0.15) is 5.26 Å². The number of amides is 2. The number of aliphatic imine (C=N–C) groups is 2. The number of aliphatic carboxylic acids is 1. The molecule has 0 saturated heterocycles. The van der Waals surface area contributed by atoms with Crippen molar-refractivity contribution in [2.75, 3.05) is 6.54 Å². The molecule has 0 aliphatic rings. The molecule has 0 aliphatic carbocycles. The second-order valence-electron chi connectivity index (χ2n) is 9.73. The van der Waals surface area contributed by atoms with Crippen molar-refractivity contribution in [1.29, 1.82) is 5.26 Å². The number of hydrogen-bond donors (Lipinski definition) is 6. The highest BCUT2D eigenvalue weighted by Crippen LogP contribution is 2.25. The normalized spacial score (nSPS) is 11.2. The van der Waals surface area contributed by atoms with E-state index in [1.807, 2.05) is 84.9 Å². The molecule has 0 fully saturated rings. The number of carboxylic acid groups (broad SMARTS) is 1. The minimum Gasteiger partial charge on any atom is -0.550 e. The molecule has 3 aromatic rings. The number of rotatable bonds is 13. The summed E-state index contributed by atoms with van der Waals surface area (Å²) >= 11 is 0. The Kier molecular flexibility index (Phi) is 15.2. The monoisotopic (exact) mass is 612 g/mol. The van der Waals surface area contributed by atoms with Crippen molar-refractivity contribution in [3.63, 3.8) is 0 Å². The van der Waals surface area contributed by atoms with Crippen molar-refractivity contribution >= 4 is 29.7 Å². The van der Waals surface area contributed by atoms with E-state index in [-0.39, 0.29) is 30.3 Å². The van der Waals surface area contributed by atoms with Gasteiger partial charge in [-0.3, -0.25) is 19.9 Å². The largest absolute Gasteiger partial charge is 0.550 e. The molecule has 2 amide bonds. The maximum atomic E-state index is 13.7. The number of nitrogens with two attached hydrogens (primary N) is 3. The SMILES string of the molecule is CC(=O)[O-].N#CNC(N)=NCc1ccc(CNC(=O)[C@@H](CCCN=C(N)N)NC(=O)C(c2ccccc2)c2ccccc2)cc1. The van der Waals surface area contributed by atoms with Gasteiger partial charge in [-0.1, -0.05) is 84.9 Å². The second kappa shape index (κ2) is 19.3. The second-order valence-corrected chi connectivity index (χ2v) is 9.73. The molecule has 0 radical (unpaired) electrons. The number of nitriles is 1. The quantitative estimate of drug-likeness (QED) is 0.0511. The lowest BCUT2D eigenvalue weighted by molar-refractivity contribution is -0.302. The number of benzene rings is 3. The third-order valence-corrected chi connectivity index (χ3v) is 6.21. The van der Waals surface area contributed by atoms with Gasteiger partial charge in [0.2, 0.25) is 17.8 Å². The zero-order chi connectivity index (χ0) is 33.0. The van der Waals surface area contributed by atoms with E-state index in [0.717, 1.165) is 29.2 Å². The molecule has 0 spiro atoms. The van der Waals surface area contributed by atoms with E-state index in [9.17, 15) is 9.59 Å². The molecule has 1 atom stereocenters. The van der Waals surface area contributed by atoms with Crippen molar-refractivity contribution in [3.05, 3.63) is 107 Å². The zero-order valence-corrected chi connectivity index (χ0v) is 25.0. The van der Waals surface area contributed by atoms with E-state index in [2.05, 4.69) is 25.9 Å². The van der Waals surface area contributed by atoms with Gasteiger partial charge in [-0.15, -0.1) is 0 Å². The van der Waals surface area contributed by atoms with Gasteiger partial charge in [0.25, 0.3) is 0 Å². The number of hydrogen-bond acceptors (Lipinski definition) is 7. The molecule has 0 aliphatic heterocycles. The van der Waals surface area contributed by atoms with Crippen LogP contribution in [0.25, 0.3) is 0 Å². The average Bonchev–Trinajstić information content (AvgIpc) is 3.02. The molecular weight excluding hydrogens is 574 g/mol. The summed E-state index contributed by atoms with van der Waals surface area (Å²) < 4.78 is 0. The van der Waals surface area contributed by atoms with E-state index >= 15 is 0 Å². The van der Waals surface area contributed by atoms with E-state index in [4.69, 9.17) is 32.4 Å². The van der Waals surface area contributed by atoms with Gasteiger partial charge in [-0.05, 0) is 42.0 Å². The number of nitrogens with one attached hydrogen (secondary N) is 3. The van der Waals surface area contributed by atoms with Crippen LogP contribution >= 0.6 is 0 Å². The van der Waals surface area contributed by atoms with Crippen LogP contribution in [0.4, 0.5) is 0 Å². The van der Waals surface area contributed by atoms with Crippen molar-refractivity contribution in [2.45, 2.75) is 44.8 Å². The van der Waals surface area contributed by atoms with E-state index in [0.29, 0.717) is 25.9 Å². The van der Waals surface area contributed by atoms with Crippen LogP contribution in [-0.2, 0) is 27.5 Å². The summed E-state index contributed by atoms with van der Waals surface area (Å²) in [4.78, 5) is 43.9. The molecule has 0 bridgehead atoms. The van der Waals surface area contributed by atoms with Crippen LogP contribution in [-0.4, -0.2) is 42.3 Å². The molecule has 3 aromatic carbocycles. The smallest absolute Gasteiger partial charge is 0.242 e. The van der Waals surface area contributed by atoms with Gasteiger partial charge in [0, 0.05) is 19.1 Å². The Morgan fingerprint density at radius 1 is 0.844 bits per heavy atom. The molecule has 3 rings (SSSR count). The predicted octanol–water partition coefficient (Wildman–Crippen LogP) is 0.315. The molecule has 13 nitrogen and oxygen atoms in total. The standard InChI is InChI=1S/C30H35N9O2.C2H4O2/c31-20-38-30(34)37-19-22-15-13-21(14-16-22)18-36-27(40)25(12-7-17-35-29(32)33)39-28(41)26(23-8-3-1-4-9-23)24-10-5-2-6-11-24;1-2(3)4/h1-6,8-11,13-16,25-26H,7,12,17-19H2,(H,36,40)(H,39,41)(H4,32,33,35)(H3,34,37,38);1H3,(H,3,4)/p-1/t25-;/m1./s1. The Labute approximate surface area is 262 Å². The first-order valence-electron chi connectivity index (χ1n) is 14.0. The summed E-state index contributed by atoms with van der Waals surface area (Å²) in [6.07, 6.45) is 2.56. The molecule has 236 valence electrons. The van der Waals surface area contributed by atoms with Crippen LogP contribution in [0.2, 0.25) is 0 Å². The minimum atomic E-state index is -1.08. The number of guanidine groups is 2. The number of carbonyl (C=O) groups excluding carboxylic acids is 3. The Morgan fingerprint density at radius 3 is 1.89 bits per heavy atom. The Balaban J connectivity index is 0.00000166. The first-order chi connectivity index (χ1) is 21.6. The van der Waals surface area contributed by atoms with Crippen LogP contribution in [0, 0.1) is 11.5 Å². The maximum Gasteiger partial charge on any atom is 0.242 e. The van der Waals surface area contributed by atoms with E-state index in [1.54, 1.807) is 6.19 Å². The summed E-state index contributed by atoms with van der Waals surface area (Å²) in [6, 6.07) is 25.6. The van der Waals surface area contributed by atoms with Gasteiger partial charge in [0.1, 0.15) is 6.04 Å². The van der Waals surface area contributed by atoms with Crippen LogP contribution < -0.4 is 38.3 Å². The number of nitrogens with zero attached hydrogens (tertiary/aromatic N) is 3. The Bertz CT molecular complexity index is 1420. The first-order valence-corrected chi connectivity index (χ1v) is 14.0. The molecule has 0 unspecified atom stereocenters. The van der Waals surface area contributed by atoms with Gasteiger partial charge in [0.05, 0.1) is 12.5 Å². The van der Waals surface area contributed by atoms with Crippen LogP contribution in [0.15, 0.2) is 94.9 Å². The Hall–Kier alpha value is -5.90. The highest BCUT2D eigenvalue weighted by atomic mass is 16.4. The molecular formula is C32H38N9O4-. The maximum absolute atomic E-state index is 13.7. The first kappa shape index (κ1) is 35.3. The molecule has 0 saturated carbocycles. The predicted molar refractivity (Wildman–Crippen MR) is 170 cm³/mol. The summed E-state index contributed by atoms with van der Waals surface area (Å²) in [5.41, 5.74) is 19.8. The van der Waals surface area contributed by atoms with Crippen LogP contribution in [0.3, 0.4) is 0 Å².